The number of para-hydroxylation sites is 3. The molecule has 0 aromatic heterocycles. The number of unbranched alkanes of at least 4 members (excludes halogenated alkanes) is 1. The molecule has 5 rings (SSSR count). The summed E-state index contributed by atoms with van der Waals surface area (Å²) in [5.74, 6) is 0.0963. The zero-order valence-electron chi connectivity index (χ0n) is 21.1. The molecule has 0 spiro atoms. The number of anilines is 2. The van der Waals surface area contributed by atoms with E-state index < -0.39 is 24.0 Å². The van der Waals surface area contributed by atoms with Gasteiger partial charge in [-0.3, -0.25) is 14.4 Å². The molecule has 192 valence electrons. The van der Waals surface area contributed by atoms with Crippen LogP contribution in [0.1, 0.15) is 31.4 Å². The highest BCUT2D eigenvalue weighted by atomic mass is 16.7. The van der Waals surface area contributed by atoms with E-state index in [0.29, 0.717) is 29.5 Å². The van der Waals surface area contributed by atoms with Gasteiger partial charge in [0.15, 0.2) is 17.6 Å². The van der Waals surface area contributed by atoms with Crippen LogP contribution in [-0.4, -0.2) is 38.7 Å². The van der Waals surface area contributed by atoms with Gasteiger partial charge in [0.25, 0.3) is 5.91 Å². The van der Waals surface area contributed by atoms with E-state index in [4.69, 9.17) is 19.0 Å². The van der Waals surface area contributed by atoms with Crippen molar-refractivity contribution < 1.29 is 28.6 Å². The molecular weight excluding hydrogens is 472 g/mol. The van der Waals surface area contributed by atoms with Gasteiger partial charge in [-0.15, -0.1) is 0 Å². The Labute approximate surface area is 216 Å². The van der Waals surface area contributed by atoms with Gasteiger partial charge >= 0.3 is 0 Å². The molecule has 8 nitrogen and oxygen atoms in total. The Balaban J connectivity index is 1.56. The number of amides is 2. The Morgan fingerprint density at radius 3 is 2.30 bits per heavy atom. The van der Waals surface area contributed by atoms with Crippen molar-refractivity contribution in [2.45, 2.75) is 31.9 Å². The Kier molecular flexibility index (Phi) is 7.01. The topological polar surface area (TPSA) is 77.5 Å². The number of hydroxylamine groups is 1. The number of carbonyl (C=O) groups is 2. The van der Waals surface area contributed by atoms with Gasteiger partial charge < -0.3 is 14.2 Å². The first-order valence-corrected chi connectivity index (χ1v) is 12.4. The van der Waals surface area contributed by atoms with Gasteiger partial charge in [-0.25, -0.2) is 9.96 Å². The molecule has 0 unspecified atom stereocenters. The first-order valence-electron chi connectivity index (χ1n) is 12.4. The molecule has 2 heterocycles. The lowest BCUT2D eigenvalue weighted by atomic mass is 9.90. The molecule has 2 aliphatic heterocycles. The molecule has 0 radical (unpaired) electrons. The summed E-state index contributed by atoms with van der Waals surface area (Å²) < 4.78 is 17.0. The molecule has 0 bridgehead atoms. The van der Waals surface area contributed by atoms with Crippen molar-refractivity contribution in [1.82, 2.24) is 0 Å². The summed E-state index contributed by atoms with van der Waals surface area (Å²) in [6.07, 6.45) is 0.977. The summed E-state index contributed by atoms with van der Waals surface area (Å²) in [7, 11) is 3.10. The summed E-state index contributed by atoms with van der Waals surface area (Å²) in [5.41, 5.74) is 1.92. The molecule has 3 aromatic rings. The number of imide groups is 1. The summed E-state index contributed by atoms with van der Waals surface area (Å²) >= 11 is 0. The minimum absolute atomic E-state index is 0.342. The SMILES string of the molecule is CCCCOc1ccc([C@@H]2[C@@H]3C(=O)N(c4ccccc4OC)C(=O)[C@@H]3ON2c2ccccc2)cc1OC. The van der Waals surface area contributed by atoms with E-state index >= 15 is 0 Å². The highest BCUT2D eigenvalue weighted by Gasteiger charge is 2.60. The third kappa shape index (κ3) is 4.38. The molecule has 2 amide bonds. The molecule has 0 aliphatic carbocycles. The van der Waals surface area contributed by atoms with Crippen molar-refractivity contribution in [2.75, 3.05) is 30.8 Å². The van der Waals surface area contributed by atoms with Crippen molar-refractivity contribution in [3.63, 3.8) is 0 Å². The fraction of sp³-hybridized carbons (Fsp3) is 0.310. The second kappa shape index (κ2) is 10.5. The van der Waals surface area contributed by atoms with Gasteiger partial charge in [0.1, 0.15) is 11.7 Å². The second-order valence-corrected chi connectivity index (χ2v) is 8.95. The van der Waals surface area contributed by atoms with Crippen molar-refractivity contribution in [2.24, 2.45) is 5.92 Å². The van der Waals surface area contributed by atoms with Crippen LogP contribution in [0.4, 0.5) is 11.4 Å². The zero-order valence-corrected chi connectivity index (χ0v) is 21.1. The Morgan fingerprint density at radius 1 is 0.838 bits per heavy atom. The van der Waals surface area contributed by atoms with Crippen molar-refractivity contribution in [3.05, 3.63) is 78.4 Å². The van der Waals surface area contributed by atoms with Crippen LogP contribution in [0.2, 0.25) is 0 Å². The van der Waals surface area contributed by atoms with Crippen LogP contribution in [0, 0.1) is 5.92 Å². The predicted octanol–water partition coefficient (Wildman–Crippen LogP) is 4.93. The third-order valence-corrected chi connectivity index (χ3v) is 6.74. The van der Waals surface area contributed by atoms with Gasteiger partial charge in [0, 0.05) is 0 Å². The van der Waals surface area contributed by atoms with E-state index in [2.05, 4.69) is 6.92 Å². The fourth-order valence-electron chi connectivity index (χ4n) is 4.92. The van der Waals surface area contributed by atoms with Gasteiger partial charge in [-0.2, -0.15) is 0 Å². The Bertz CT molecular complexity index is 1280. The molecular formula is C29H30N2O6. The maximum Gasteiger partial charge on any atom is 0.266 e. The van der Waals surface area contributed by atoms with Crippen LogP contribution in [0.3, 0.4) is 0 Å². The predicted molar refractivity (Wildman–Crippen MR) is 139 cm³/mol. The molecule has 0 N–H and O–H groups in total. The van der Waals surface area contributed by atoms with Gasteiger partial charge in [0.2, 0.25) is 5.91 Å². The van der Waals surface area contributed by atoms with E-state index in [1.807, 2.05) is 48.5 Å². The average Bonchev–Trinajstić information content (AvgIpc) is 3.45. The number of methoxy groups -OCH3 is 2. The first-order chi connectivity index (χ1) is 18.1. The highest BCUT2D eigenvalue weighted by Crippen LogP contribution is 2.49. The number of carbonyl (C=O) groups excluding carboxylic acids is 2. The second-order valence-electron chi connectivity index (χ2n) is 8.95. The molecule has 37 heavy (non-hydrogen) atoms. The lowest BCUT2D eigenvalue weighted by molar-refractivity contribution is -0.126. The third-order valence-electron chi connectivity index (χ3n) is 6.74. The minimum atomic E-state index is -0.978. The highest BCUT2D eigenvalue weighted by molar-refractivity contribution is 6.24. The Hall–Kier alpha value is -4.04. The number of hydrogen-bond acceptors (Lipinski definition) is 7. The van der Waals surface area contributed by atoms with Crippen LogP contribution in [0.15, 0.2) is 72.8 Å². The monoisotopic (exact) mass is 502 g/mol. The lowest BCUT2D eigenvalue weighted by Gasteiger charge is -2.29. The number of ether oxygens (including phenoxy) is 3. The number of fused-ring (bicyclic) bond motifs is 1. The standard InChI is InChI=1S/C29H30N2O6/c1-4-5-17-36-23-16-15-19(18-24(23)35-3)26-25-27(37-31(26)20-11-7-6-8-12-20)29(33)30(28(25)32)21-13-9-10-14-22(21)34-2/h6-16,18,25-27H,4-5,17H2,1-3H3/t25-,26+,27+/m0/s1. The average molecular weight is 503 g/mol. The normalized spacial score (nSPS) is 20.8. The van der Waals surface area contributed by atoms with E-state index in [0.717, 1.165) is 24.1 Å². The van der Waals surface area contributed by atoms with E-state index in [1.54, 1.807) is 36.4 Å². The van der Waals surface area contributed by atoms with Crippen molar-refractivity contribution in [1.29, 1.82) is 0 Å². The maximum atomic E-state index is 13.9. The maximum absolute atomic E-state index is 13.9. The van der Waals surface area contributed by atoms with E-state index in [-0.39, 0.29) is 5.91 Å². The zero-order chi connectivity index (χ0) is 25.9. The van der Waals surface area contributed by atoms with E-state index in [9.17, 15) is 9.59 Å². The van der Waals surface area contributed by atoms with Crippen LogP contribution in [0.5, 0.6) is 17.2 Å². The van der Waals surface area contributed by atoms with Crippen LogP contribution >= 0.6 is 0 Å². The summed E-state index contributed by atoms with van der Waals surface area (Å²) in [4.78, 5) is 34.9. The van der Waals surface area contributed by atoms with E-state index in [1.165, 1.54) is 12.0 Å². The smallest absolute Gasteiger partial charge is 0.266 e. The van der Waals surface area contributed by atoms with Crippen LogP contribution in [-0.2, 0) is 14.4 Å². The summed E-state index contributed by atoms with van der Waals surface area (Å²) in [5, 5.41) is 1.66. The Morgan fingerprint density at radius 2 is 1.57 bits per heavy atom. The van der Waals surface area contributed by atoms with Gasteiger partial charge in [0.05, 0.1) is 38.2 Å². The van der Waals surface area contributed by atoms with Crippen LogP contribution < -0.4 is 24.2 Å². The molecule has 3 aromatic carbocycles. The molecule has 2 saturated heterocycles. The number of hydrogen-bond donors (Lipinski definition) is 0. The quantitative estimate of drug-likeness (QED) is 0.303. The van der Waals surface area contributed by atoms with Crippen LogP contribution in [0.25, 0.3) is 0 Å². The summed E-state index contributed by atoms with van der Waals surface area (Å²) in [6, 6.07) is 21.5. The number of rotatable bonds is 9. The minimum Gasteiger partial charge on any atom is -0.495 e. The molecule has 8 heteroatoms. The molecule has 2 aliphatic rings. The fourth-order valence-corrected chi connectivity index (χ4v) is 4.92. The lowest BCUT2D eigenvalue weighted by Crippen LogP contribution is -2.37. The van der Waals surface area contributed by atoms with Crippen molar-refractivity contribution in [3.8, 4) is 17.2 Å². The van der Waals surface area contributed by atoms with Crippen molar-refractivity contribution >= 4 is 23.2 Å². The molecule has 2 fully saturated rings. The van der Waals surface area contributed by atoms with Gasteiger partial charge in [-0.1, -0.05) is 49.7 Å². The van der Waals surface area contributed by atoms with Gasteiger partial charge in [-0.05, 0) is 48.4 Å². The molecule has 3 atom stereocenters. The first kappa shape index (κ1) is 24.6. The number of nitrogens with zero attached hydrogens (tertiary/aromatic N) is 2. The number of benzene rings is 3. The molecule has 0 saturated carbocycles. The summed E-state index contributed by atoms with van der Waals surface area (Å²) in [6.45, 7) is 2.69. The largest absolute Gasteiger partial charge is 0.495 e.